The molecule has 5 rings (SSSR count). The van der Waals surface area contributed by atoms with Gasteiger partial charge in [-0.3, -0.25) is 26.3 Å². The summed E-state index contributed by atoms with van der Waals surface area (Å²) >= 11 is 0. The van der Waals surface area contributed by atoms with E-state index in [0.29, 0.717) is 31.9 Å². The largest absolute Gasteiger partial charge is 0.405 e. The van der Waals surface area contributed by atoms with Gasteiger partial charge in [-0.2, -0.15) is 22.0 Å². The number of guanidine groups is 1. The Bertz CT molecular complexity index is 859. The summed E-state index contributed by atoms with van der Waals surface area (Å²) in [7, 11) is 3.60. The number of nitrogens with one attached hydrogen (secondary N) is 4. The second kappa shape index (κ2) is 11.5. The van der Waals surface area contributed by atoms with Crippen LogP contribution >= 0.6 is 0 Å². The van der Waals surface area contributed by atoms with Gasteiger partial charge >= 0.3 is 12.8 Å². The van der Waals surface area contributed by atoms with Crippen molar-refractivity contribution in [3.63, 3.8) is 0 Å². The highest BCUT2D eigenvalue weighted by atomic mass is 19.4. The van der Waals surface area contributed by atoms with E-state index in [0.717, 1.165) is 25.7 Å². The van der Waals surface area contributed by atoms with Crippen molar-refractivity contribution >= 4 is 5.96 Å². The lowest BCUT2D eigenvalue weighted by Gasteiger charge is -2.45. The van der Waals surface area contributed by atoms with Gasteiger partial charge in [0.25, 0.3) is 0 Å². The van der Waals surface area contributed by atoms with Crippen molar-refractivity contribution < 1.29 is 31.1 Å². The molecular weight excluding hydrogens is 528 g/mol. The minimum atomic E-state index is -4.26. The number of hydrogen-bond acceptors (Lipinski definition) is 6. The molecule has 224 valence electrons. The van der Waals surface area contributed by atoms with Gasteiger partial charge in [-0.1, -0.05) is 0 Å². The van der Waals surface area contributed by atoms with Crippen molar-refractivity contribution in [3.8, 4) is 0 Å². The highest BCUT2D eigenvalue weighted by Gasteiger charge is 2.51. The first kappa shape index (κ1) is 29.2. The van der Waals surface area contributed by atoms with E-state index in [2.05, 4.69) is 16.0 Å². The lowest BCUT2D eigenvalue weighted by atomic mass is 9.80. The van der Waals surface area contributed by atoms with Gasteiger partial charge in [0.15, 0.2) is 5.96 Å². The molecule has 39 heavy (non-hydrogen) atoms. The molecule has 4 N–H and O–H groups in total. The third kappa shape index (κ3) is 6.00. The van der Waals surface area contributed by atoms with Gasteiger partial charge in [-0.15, -0.1) is 0 Å². The van der Waals surface area contributed by atoms with Crippen molar-refractivity contribution in [2.75, 3.05) is 33.7 Å². The van der Waals surface area contributed by atoms with Gasteiger partial charge in [0.1, 0.15) is 24.5 Å². The summed E-state index contributed by atoms with van der Waals surface area (Å²) in [4.78, 5) is 5.69. The number of ether oxygens (including phenoxy) is 1. The Hall–Kier alpha value is -1.35. The van der Waals surface area contributed by atoms with Crippen molar-refractivity contribution in [1.29, 1.82) is 5.41 Å². The van der Waals surface area contributed by atoms with Gasteiger partial charge in [0.2, 0.25) is 0 Å². The fourth-order valence-corrected chi connectivity index (χ4v) is 7.58. The van der Waals surface area contributed by atoms with E-state index in [1.165, 1.54) is 0 Å². The van der Waals surface area contributed by atoms with E-state index in [-0.39, 0.29) is 43.2 Å². The molecule has 0 aromatic heterocycles. The molecule has 5 fully saturated rings. The predicted octanol–water partition coefficient (Wildman–Crippen LogP) is 2.73. The third-order valence-corrected chi connectivity index (χ3v) is 9.69. The number of rotatable bonds is 6. The predicted molar refractivity (Wildman–Crippen MR) is 133 cm³/mol. The normalized spacial score (nSPS) is 42.4. The van der Waals surface area contributed by atoms with Crippen molar-refractivity contribution in [2.24, 2.45) is 17.8 Å². The summed E-state index contributed by atoms with van der Waals surface area (Å²) in [6.07, 6.45) is -3.13. The molecule has 0 spiro atoms. The highest BCUT2D eigenvalue weighted by Crippen LogP contribution is 2.38. The zero-order chi connectivity index (χ0) is 28.1. The molecule has 3 heterocycles. The molecule has 0 bridgehead atoms. The summed E-state index contributed by atoms with van der Waals surface area (Å²) in [6.45, 7) is -1.92. The van der Waals surface area contributed by atoms with Crippen molar-refractivity contribution in [3.05, 3.63) is 0 Å². The van der Waals surface area contributed by atoms with Crippen LogP contribution in [-0.2, 0) is 4.74 Å². The number of halogens is 6. The molecule has 8 nitrogen and oxygen atoms in total. The maximum absolute atomic E-state index is 14.6. The average molecular weight is 570 g/mol. The zero-order valence-electron chi connectivity index (χ0n) is 22.4. The van der Waals surface area contributed by atoms with Crippen molar-refractivity contribution in [1.82, 2.24) is 30.7 Å². The fourth-order valence-electron chi connectivity index (χ4n) is 7.58. The Morgan fingerprint density at radius 3 is 2.38 bits per heavy atom. The topological polar surface area (TPSA) is 78.9 Å². The van der Waals surface area contributed by atoms with Gasteiger partial charge in [-0.25, -0.2) is 4.39 Å². The Balaban J connectivity index is 1.19. The molecule has 8 unspecified atom stereocenters. The van der Waals surface area contributed by atoms with E-state index < -0.39 is 43.2 Å². The van der Waals surface area contributed by atoms with Crippen LogP contribution in [0, 0.1) is 23.2 Å². The number of fused-ring (bicyclic) bond motifs is 1. The van der Waals surface area contributed by atoms with Crippen LogP contribution in [0.2, 0.25) is 0 Å². The summed E-state index contributed by atoms with van der Waals surface area (Å²) in [5.74, 6) is 0.339. The van der Waals surface area contributed by atoms with Crippen molar-refractivity contribution in [2.45, 2.75) is 101 Å². The molecule has 0 radical (unpaired) electrons. The fraction of sp³-hybridized carbons (Fsp3) is 0.960. The summed E-state index contributed by atoms with van der Waals surface area (Å²) in [6, 6.07) is -1.54. The van der Waals surface area contributed by atoms with Crippen LogP contribution in [0.1, 0.15) is 44.9 Å². The minimum Gasteiger partial charge on any atom is -0.338 e. The molecule has 2 saturated carbocycles. The SMILES string of the molecule is CN1CC(C(F)(F)F)NC1C1CCC(CN2C(=N)N(C)C3CNC(C4CCCC(F)C4OC(F)F)NC32)CC1. The maximum Gasteiger partial charge on any atom is 0.405 e. The molecule has 0 aromatic carbocycles. The van der Waals surface area contributed by atoms with E-state index in [1.807, 2.05) is 16.8 Å². The molecule has 3 saturated heterocycles. The molecule has 0 aromatic rings. The molecule has 14 heteroatoms. The first-order valence-electron chi connectivity index (χ1n) is 14.1. The van der Waals surface area contributed by atoms with E-state index >= 15 is 0 Å². The summed E-state index contributed by atoms with van der Waals surface area (Å²) in [5.41, 5.74) is 0. The monoisotopic (exact) mass is 569 g/mol. The van der Waals surface area contributed by atoms with Crippen LogP contribution in [0.15, 0.2) is 0 Å². The Kier molecular flexibility index (Phi) is 8.59. The number of hydrogen-bond donors (Lipinski definition) is 4. The van der Waals surface area contributed by atoms with Crippen LogP contribution in [0.25, 0.3) is 0 Å². The van der Waals surface area contributed by atoms with Gasteiger partial charge in [0.05, 0.1) is 18.4 Å². The second-order valence-electron chi connectivity index (χ2n) is 12.0. The number of nitrogens with zero attached hydrogens (tertiary/aromatic N) is 3. The van der Waals surface area contributed by atoms with Gasteiger partial charge in [0, 0.05) is 32.6 Å². The molecule has 5 aliphatic rings. The van der Waals surface area contributed by atoms with Crippen LogP contribution in [-0.4, -0.2) is 110 Å². The summed E-state index contributed by atoms with van der Waals surface area (Å²) in [5, 5.41) is 18.4. The quantitative estimate of drug-likeness (QED) is 0.367. The lowest BCUT2D eigenvalue weighted by molar-refractivity contribution is -0.205. The lowest BCUT2D eigenvalue weighted by Crippen LogP contribution is -2.68. The molecule has 8 atom stereocenters. The minimum absolute atomic E-state index is 0.0390. The van der Waals surface area contributed by atoms with Crippen LogP contribution in [0.4, 0.5) is 26.3 Å². The van der Waals surface area contributed by atoms with E-state index in [1.54, 1.807) is 11.9 Å². The molecule has 2 aliphatic carbocycles. The first-order chi connectivity index (χ1) is 18.4. The smallest absolute Gasteiger partial charge is 0.338 e. The first-order valence-corrected chi connectivity index (χ1v) is 14.1. The Labute approximate surface area is 225 Å². The third-order valence-electron chi connectivity index (χ3n) is 9.69. The second-order valence-corrected chi connectivity index (χ2v) is 12.0. The number of likely N-dealkylation sites (N-methyl/N-ethyl adjacent to an activating group) is 2. The average Bonchev–Trinajstić information content (AvgIpc) is 3.39. The zero-order valence-corrected chi connectivity index (χ0v) is 22.4. The standard InChI is InChI=1S/C25H41F6N7O/c1-36-12-18(25(29,30)31)34-21(36)14-8-6-13(7-9-14)11-38-22-17(37(2)24(38)32)10-33-20(35-22)15-4-3-5-16(26)19(15)39-23(27)28/h13-23,32-35H,3-12H2,1-2H3. The van der Waals surface area contributed by atoms with E-state index in [9.17, 15) is 26.3 Å². The van der Waals surface area contributed by atoms with Gasteiger partial charge in [-0.05, 0) is 63.8 Å². The molecular formula is C25H41F6N7O. The van der Waals surface area contributed by atoms with Crippen LogP contribution < -0.4 is 16.0 Å². The Morgan fingerprint density at radius 1 is 1.03 bits per heavy atom. The molecule has 0 amide bonds. The van der Waals surface area contributed by atoms with Gasteiger partial charge < -0.3 is 14.5 Å². The van der Waals surface area contributed by atoms with Crippen LogP contribution in [0.5, 0.6) is 0 Å². The maximum atomic E-state index is 14.6. The highest BCUT2D eigenvalue weighted by molar-refractivity contribution is 5.80. The van der Waals surface area contributed by atoms with E-state index in [4.69, 9.17) is 10.1 Å². The number of alkyl halides is 6. The Morgan fingerprint density at radius 2 is 1.74 bits per heavy atom. The van der Waals surface area contributed by atoms with Crippen LogP contribution in [0.3, 0.4) is 0 Å². The summed E-state index contributed by atoms with van der Waals surface area (Å²) < 4.78 is 85.1. The molecule has 3 aliphatic heterocycles.